The average molecular weight is 191 g/mol. The van der Waals surface area contributed by atoms with E-state index in [1.165, 1.54) is 0 Å². The Labute approximate surface area is 107 Å². The van der Waals surface area contributed by atoms with E-state index in [1.54, 1.807) is 0 Å². The van der Waals surface area contributed by atoms with E-state index in [0.29, 0.717) is 6.04 Å². The molecule has 1 aliphatic rings. The molecule has 0 radical (unpaired) electrons. The standard InChI is InChI=1S/C5H10BF3N.K/c1-5-4-10(5)3-2-6(7,8)9;/h5H,2-4H2,1H3;/q-1;+1/t5-,10?;/m0./s1. The Bertz CT molecular complexity index is 129. The summed E-state index contributed by atoms with van der Waals surface area (Å²) in [5.74, 6) is 0. The number of nitrogens with zero attached hydrogens (tertiary/aromatic N) is 1. The fourth-order valence-corrected chi connectivity index (χ4v) is 0.916. The molecule has 6 heteroatoms. The molecule has 0 N–H and O–H groups in total. The third kappa shape index (κ3) is 5.65. The zero-order valence-electron chi connectivity index (χ0n) is 6.86. The SMILES string of the molecule is C[C@H]1CN1CC[B-](F)(F)F.[K+]. The van der Waals surface area contributed by atoms with Crippen molar-refractivity contribution in [1.82, 2.24) is 4.90 Å². The molecule has 1 saturated heterocycles. The van der Waals surface area contributed by atoms with Crippen molar-refractivity contribution in [3.8, 4) is 0 Å². The molecule has 0 aromatic heterocycles. The second-order valence-corrected chi connectivity index (χ2v) is 2.84. The van der Waals surface area contributed by atoms with E-state index < -0.39 is 13.3 Å². The first-order valence-corrected chi connectivity index (χ1v) is 3.44. The van der Waals surface area contributed by atoms with Gasteiger partial charge in [-0.2, -0.15) is 0 Å². The maximum atomic E-state index is 11.6. The van der Waals surface area contributed by atoms with Gasteiger partial charge in [0.15, 0.2) is 0 Å². The zero-order valence-corrected chi connectivity index (χ0v) is 9.98. The molecule has 0 aromatic carbocycles. The molecule has 0 saturated carbocycles. The molecule has 60 valence electrons. The number of hydrogen-bond donors (Lipinski definition) is 0. The number of halogens is 3. The van der Waals surface area contributed by atoms with Gasteiger partial charge in [0, 0.05) is 12.6 Å². The second kappa shape index (κ2) is 4.62. The van der Waals surface area contributed by atoms with E-state index in [4.69, 9.17) is 0 Å². The minimum Gasteiger partial charge on any atom is -0.449 e. The van der Waals surface area contributed by atoms with Gasteiger partial charge in [0.2, 0.25) is 0 Å². The van der Waals surface area contributed by atoms with Crippen molar-refractivity contribution >= 4 is 6.98 Å². The van der Waals surface area contributed by atoms with Crippen LogP contribution in [0.25, 0.3) is 0 Å². The average Bonchev–Trinajstić information content (AvgIpc) is 2.40. The Morgan fingerprint density at radius 1 is 1.45 bits per heavy atom. The van der Waals surface area contributed by atoms with E-state index in [0.717, 1.165) is 6.54 Å². The summed E-state index contributed by atoms with van der Waals surface area (Å²) in [4.78, 5) is 1.81. The predicted molar refractivity (Wildman–Crippen MR) is 34.9 cm³/mol. The van der Waals surface area contributed by atoms with E-state index in [2.05, 4.69) is 0 Å². The molecule has 0 bridgehead atoms. The van der Waals surface area contributed by atoms with Crippen molar-refractivity contribution in [2.45, 2.75) is 19.3 Å². The summed E-state index contributed by atoms with van der Waals surface area (Å²) in [6, 6.07) is 0.387. The van der Waals surface area contributed by atoms with Gasteiger partial charge in [-0.05, 0) is 13.5 Å². The normalized spacial score (nSPS) is 29.5. The Morgan fingerprint density at radius 2 is 1.91 bits per heavy atom. The van der Waals surface area contributed by atoms with Gasteiger partial charge in [-0.25, -0.2) is 0 Å². The molecular formula is C5H10BF3KN. The first-order valence-electron chi connectivity index (χ1n) is 3.44. The molecule has 2 atom stereocenters. The van der Waals surface area contributed by atoms with E-state index in [1.807, 2.05) is 11.8 Å². The molecular weight excluding hydrogens is 181 g/mol. The number of hydrogen-bond acceptors (Lipinski definition) is 1. The van der Waals surface area contributed by atoms with Crippen LogP contribution in [0.15, 0.2) is 0 Å². The molecule has 1 unspecified atom stereocenters. The first-order chi connectivity index (χ1) is 4.49. The van der Waals surface area contributed by atoms with Gasteiger partial charge in [0.1, 0.15) is 0 Å². The van der Waals surface area contributed by atoms with Crippen molar-refractivity contribution < 1.29 is 64.3 Å². The van der Waals surface area contributed by atoms with Gasteiger partial charge >= 0.3 is 58.4 Å². The molecule has 0 amide bonds. The van der Waals surface area contributed by atoms with E-state index in [-0.39, 0.29) is 57.9 Å². The van der Waals surface area contributed by atoms with E-state index >= 15 is 0 Å². The topological polar surface area (TPSA) is 3.01 Å². The molecule has 1 aliphatic heterocycles. The Balaban J connectivity index is 0.000001000. The van der Waals surface area contributed by atoms with Crippen LogP contribution in [0.4, 0.5) is 12.9 Å². The van der Waals surface area contributed by atoms with Gasteiger partial charge in [0.05, 0.1) is 0 Å². The molecule has 1 heterocycles. The monoisotopic (exact) mass is 191 g/mol. The summed E-state index contributed by atoms with van der Waals surface area (Å²) in [5, 5.41) is 0. The second-order valence-electron chi connectivity index (χ2n) is 2.84. The molecule has 1 rings (SSSR count). The fraction of sp³-hybridized carbons (Fsp3) is 1.00. The van der Waals surface area contributed by atoms with Gasteiger partial charge in [-0.3, -0.25) is 0 Å². The zero-order chi connectivity index (χ0) is 7.78. The van der Waals surface area contributed by atoms with E-state index in [9.17, 15) is 12.9 Å². The van der Waals surface area contributed by atoms with Crippen LogP contribution in [0.3, 0.4) is 0 Å². The van der Waals surface area contributed by atoms with Crippen molar-refractivity contribution in [2.75, 3.05) is 13.1 Å². The van der Waals surface area contributed by atoms with Crippen molar-refractivity contribution in [3.05, 3.63) is 0 Å². The quantitative estimate of drug-likeness (QED) is 0.389. The Kier molecular flexibility index (Phi) is 5.23. The summed E-state index contributed by atoms with van der Waals surface area (Å²) >= 11 is 0. The maximum Gasteiger partial charge on any atom is 1.00 e. The van der Waals surface area contributed by atoms with Gasteiger partial charge in [-0.15, -0.1) is 0 Å². The Hall–Kier alpha value is 1.45. The van der Waals surface area contributed by atoms with Crippen LogP contribution in [0.5, 0.6) is 0 Å². The molecule has 1 nitrogen and oxygen atoms in total. The summed E-state index contributed by atoms with van der Waals surface area (Å²) in [7, 11) is 0. The smallest absolute Gasteiger partial charge is 0.449 e. The summed E-state index contributed by atoms with van der Waals surface area (Å²) < 4.78 is 34.8. The summed E-state index contributed by atoms with van der Waals surface area (Å²) in [6.45, 7) is -1.58. The minimum atomic E-state index is -4.55. The fourth-order valence-electron chi connectivity index (χ4n) is 0.916. The van der Waals surface area contributed by atoms with Crippen LogP contribution in [0.1, 0.15) is 6.92 Å². The maximum absolute atomic E-state index is 11.6. The van der Waals surface area contributed by atoms with Crippen LogP contribution in [0.2, 0.25) is 6.32 Å². The summed E-state index contributed by atoms with van der Waals surface area (Å²) in [5.41, 5.74) is 0. The first kappa shape index (κ1) is 12.5. The number of rotatable bonds is 3. The van der Waals surface area contributed by atoms with Crippen molar-refractivity contribution in [1.29, 1.82) is 0 Å². The summed E-state index contributed by atoms with van der Waals surface area (Å²) in [6.07, 6.45) is -0.607. The van der Waals surface area contributed by atoms with Gasteiger partial charge < -0.3 is 17.8 Å². The van der Waals surface area contributed by atoms with Crippen LogP contribution in [-0.2, 0) is 0 Å². The minimum absolute atomic E-state index is 0. The Morgan fingerprint density at radius 3 is 2.18 bits per heavy atom. The third-order valence-electron chi connectivity index (χ3n) is 1.73. The molecule has 1 fully saturated rings. The molecule has 0 spiro atoms. The predicted octanol–water partition coefficient (Wildman–Crippen LogP) is -1.46. The molecule has 0 aromatic rings. The van der Waals surface area contributed by atoms with Crippen LogP contribution in [-0.4, -0.2) is 31.0 Å². The van der Waals surface area contributed by atoms with Crippen LogP contribution in [0, 0.1) is 0 Å². The van der Waals surface area contributed by atoms with Crippen LogP contribution < -0.4 is 51.4 Å². The molecule has 0 aliphatic carbocycles. The third-order valence-corrected chi connectivity index (χ3v) is 1.73. The largest absolute Gasteiger partial charge is 1.00 e. The van der Waals surface area contributed by atoms with Crippen LogP contribution >= 0.6 is 0 Å². The van der Waals surface area contributed by atoms with Crippen molar-refractivity contribution in [3.63, 3.8) is 0 Å². The molecule has 11 heavy (non-hydrogen) atoms. The van der Waals surface area contributed by atoms with Gasteiger partial charge in [0.25, 0.3) is 0 Å². The van der Waals surface area contributed by atoms with Gasteiger partial charge in [-0.1, -0.05) is 6.32 Å². The van der Waals surface area contributed by atoms with Crippen molar-refractivity contribution in [2.24, 2.45) is 0 Å².